The number of benzene rings is 2. The van der Waals surface area contributed by atoms with Gasteiger partial charge in [-0.2, -0.15) is 0 Å². The van der Waals surface area contributed by atoms with Crippen LogP contribution in [-0.2, 0) is 5.60 Å². The molecule has 0 bridgehead atoms. The molecule has 0 unspecified atom stereocenters. The first-order chi connectivity index (χ1) is 11.0. The molecule has 0 fully saturated rings. The highest BCUT2D eigenvalue weighted by Gasteiger charge is 2.30. The highest BCUT2D eigenvalue weighted by Crippen LogP contribution is 2.35. The van der Waals surface area contributed by atoms with Gasteiger partial charge in [0, 0.05) is 0 Å². The number of hydrogen-bond acceptors (Lipinski definition) is 1. The van der Waals surface area contributed by atoms with Crippen LogP contribution in [0, 0.1) is 5.82 Å². The minimum atomic E-state index is -0.434. The normalized spacial score (nSPS) is 11.3. The van der Waals surface area contributed by atoms with E-state index in [1.165, 1.54) is 12.1 Å². The summed E-state index contributed by atoms with van der Waals surface area (Å²) in [5.74, 6) is 0.600. The van der Waals surface area contributed by atoms with E-state index in [0.717, 1.165) is 41.7 Å². The molecular formula is C21H25FO. The van der Waals surface area contributed by atoms with Crippen LogP contribution in [0.1, 0.15) is 51.2 Å². The molecule has 2 aromatic rings. The van der Waals surface area contributed by atoms with Crippen molar-refractivity contribution in [3.8, 4) is 5.75 Å². The van der Waals surface area contributed by atoms with E-state index in [2.05, 4.69) is 27.4 Å². The average molecular weight is 312 g/mol. The van der Waals surface area contributed by atoms with E-state index in [-0.39, 0.29) is 5.82 Å². The molecule has 0 aliphatic rings. The van der Waals surface area contributed by atoms with Crippen molar-refractivity contribution in [2.75, 3.05) is 0 Å². The molecular weight excluding hydrogens is 287 g/mol. The van der Waals surface area contributed by atoms with Crippen molar-refractivity contribution in [3.05, 3.63) is 72.1 Å². The number of rotatable bonds is 7. The predicted octanol–water partition coefficient (Wildman–Crippen LogP) is 6.34. The molecule has 0 radical (unpaired) electrons. The Balaban J connectivity index is 2.28. The van der Waals surface area contributed by atoms with Crippen LogP contribution >= 0.6 is 0 Å². The summed E-state index contributed by atoms with van der Waals surface area (Å²) in [5.41, 5.74) is 2.83. The summed E-state index contributed by atoms with van der Waals surface area (Å²) in [7, 11) is 0. The fraction of sp³-hybridized carbons (Fsp3) is 0.333. The second-order valence-corrected chi connectivity index (χ2v) is 5.79. The lowest BCUT2D eigenvalue weighted by Crippen LogP contribution is -2.31. The zero-order valence-electron chi connectivity index (χ0n) is 14.2. The summed E-state index contributed by atoms with van der Waals surface area (Å²) >= 11 is 0. The van der Waals surface area contributed by atoms with Gasteiger partial charge in [-0.1, -0.05) is 51.6 Å². The van der Waals surface area contributed by atoms with Crippen LogP contribution in [-0.4, -0.2) is 0 Å². The van der Waals surface area contributed by atoms with Crippen molar-refractivity contribution >= 4 is 5.57 Å². The second-order valence-electron chi connectivity index (χ2n) is 5.79. The molecule has 2 rings (SSSR count). The Labute approximate surface area is 138 Å². The van der Waals surface area contributed by atoms with Crippen LogP contribution in [0.25, 0.3) is 5.57 Å². The van der Waals surface area contributed by atoms with Gasteiger partial charge >= 0.3 is 0 Å². The highest BCUT2D eigenvalue weighted by atomic mass is 19.1. The Morgan fingerprint density at radius 2 is 1.52 bits per heavy atom. The van der Waals surface area contributed by atoms with Crippen molar-refractivity contribution in [2.24, 2.45) is 0 Å². The summed E-state index contributed by atoms with van der Waals surface area (Å²) < 4.78 is 19.6. The van der Waals surface area contributed by atoms with Gasteiger partial charge in [0.25, 0.3) is 0 Å². The molecule has 23 heavy (non-hydrogen) atoms. The summed E-state index contributed by atoms with van der Waals surface area (Å²) in [6.07, 6.45) is 2.57. The lowest BCUT2D eigenvalue weighted by molar-refractivity contribution is 0.0572. The van der Waals surface area contributed by atoms with Gasteiger partial charge in [-0.05, 0) is 60.2 Å². The minimum Gasteiger partial charge on any atom is -0.483 e. The van der Waals surface area contributed by atoms with Crippen molar-refractivity contribution < 1.29 is 9.13 Å². The summed E-state index contributed by atoms with van der Waals surface area (Å²) in [5, 5.41) is 0. The van der Waals surface area contributed by atoms with Crippen LogP contribution in [0.4, 0.5) is 4.39 Å². The SMILES string of the molecule is C=C(CC)c1ccc(OC(CC)(CC)c2ccc(F)cc2)cc1. The molecule has 2 aromatic carbocycles. The van der Waals surface area contributed by atoms with Crippen LogP contribution in [0.2, 0.25) is 0 Å². The molecule has 0 saturated heterocycles. The Hall–Kier alpha value is -2.09. The third kappa shape index (κ3) is 3.82. The van der Waals surface area contributed by atoms with Gasteiger partial charge in [0.2, 0.25) is 0 Å². The maximum absolute atomic E-state index is 13.2. The van der Waals surface area contributed by atoms with Crippen molar-refractivity contribution in [1.29, 1.82) is 0 Å². The fourth-order valence-electron chi connectivity index (χ4n) is 2.80. The second kappa shape index (κ2) is 7.45. The van der Waals surface area contributed by atoms with E-state index in [4.69, 9.17) is 4.74 Å². The summed E-state index contributed by atoms with van der Waals surface area (Å²) in [6.45, 7) is 10.4. The molecule has 0 aliphatic heterocycles. The van der Waals surface area contributed by atoms with E-state index in [9.17, 15) is 4.39 Å². The van der Waals surface area contributed by atoms with Crippen molar-refractivity contribution in [2.45, 2.75) is 45.6 Å². The van der Waals surface area contributed by atoms with Crippen LogP contribution < -0.4 is 4.74 Å². The molecule has 0 aromatic heterocycles. The minimum absolute atomic E-state index is 0.225. The van der Waals surface area contributed by atoms with Crippen LogP contribution in [0.3, 0.4) is 0 Å². The van der Waals surface area contributed by atoms with E-state index >= 15 is 0 Å². The van der Waals surface area contributed by atoms with Gasteiger partial charge in [-0.3, -0.25) is 0 Å². The maximum atomic E-state index is 13.2. The molecule has 0 N–H and O–H groups in total. The average Bonchev–Trinajstić information content (AvgIpc) is 2.60. The standard InChI is InChI=1S/C21H25FO/c1-5-16(4)17-8-14-20(15-9-17)23-21(6-2,7-3)18-10-12-19(22)13-11-18/h8-15H,4-7H2,1-3H3. The monoisotopic (exact) mass is 312 g/mol. The van der Waals surface area contributed by atoms with Gasteiger partial charge in [0.15, 0.2) is 0 Å². The van der Waals surface area contributed by atoms with Crippen molar-refractivity contribution in [3.63, 3.8) is 0 Å². The largest absolute Gasteiger partial charge is 0.483 e. The number of halogens is 1. The molecule has 0 amide bonds. The van der Waals surface area contributed by atoms with Gasteiger partial charge in [0.1, 0.15) is 17.2 Å². The van der Waals surface area contributed by atoms with Crippen molar-refractivity contribution in [1.82, 2.24) is 0 Å². The van der Waals surface area contributed by atoms with Crippen LogP contribution in [0.5, 0.6) is 5.75 Å². The molecule has 1 nitrogen and oxygen atoms in total. The Kier molecular flexibility index (Phi) is 5.59. The molecule has 2 heteroatoms. The molecule has 122 valence electrons. The smallest absolute Gasteiger partial charge is 0.133 e. The first-order valence-corrected chi connectivity index (χ1v) is 8.28. The number of allylic oxidation sites excluding steroid dienone is 1. The Morgan fingerprint density at radius 3 is 2.00 bits per heavy atom. The molecule has 0 spiro atoms. The Morgan fingerprint density at radius 1 is 0.957 bits per heavy atom. The fourth-order valence-corrected chi connectivity index (χ4v) is 2.80. The maximum Gasteiger partial charge on any atom is 0.133 e. The summed E-state index contributed by atoms with van der Waals surface area (Å²) in [4.78, 5) is 0. The lowest BCUT2D eigenvalue weighted by Gasteiger charge is -2.33. The predicted molar refractivity (Wildman–Crippen MR) is 95.1 cm³/mol. The van der Waals surface area contributed by atoms with E-state index in [1.807, 2.05) is 36.4 Å². The van der Waals surface area contributed by atoms with Gasteiger partial charge in [-0.25, -0.2) is 4.39 Å². The number of hydrogen-bond donors (Lipinski definition) is 0. The summed E-state index contributed by atoms with van der Waals surface area (Å²) in [6, 6.07) is 14.7. The third-order valence-corrected chi connectivity index (χ3v) is 4.52. The molecule has 0 saturated carbocycles. The van der Waals surface area contributed by atoms with E-state index in [0.29, 0.717) is 0 Å². The first kappa shape index (κ1) is 17.3. The lowest BCUT2D eigenvalue weighted by atomic mass is 9.88. The zero-order chi connectivity index (χ0) is 16.9. The third-order valence-electron chi connectivity index (χ3n) is 4.52. The zero-order valence-corrected chi connectivity index (χ0v) is 14.2. The van der Waals surface area contributed by atoms with Gasteiger partial charge < -0.3 is 4.74 Å². The van der Waals surface area contributed by atoms with Crippen LogP contribution in [0.15, 0.2) is 55.1 Å². The first-order valence-electron chi connectivity index (χ1n) is 8.28. The number of ether oxygens (including phenoxy) is 1. The Bertz CT molecular complexity index is 637. The molecule has 0 aliphatic carbocycles. The van der Waals surface area contributed by atoms with Gasteiger partial charge in [-0.15, -0.1) is 0 Å². The van der Waals surface area contributed by atoms with E-state index < -0.39 is 5.60 Å². The quantitative estimate of drug-likeness (QED) is 0.579. The van der Waals surface area contributed by atoms with Gasteiger partial charge in [0.05, 0.1) is 0 Å². The highest BCUT2D eigenvalue weighted by molar-refractivity contribution is 5.63. The topological polar surface area (TPSA) is 9.23 Å². The molecule has 0 heterocycles. The molecule has 0 atom stereocenters. The van der Waals surface area contributed by atoms with E-state index in [1.54, 1.807) is 0 Å².